The molecule has 0 fully saturated rings. The Hall–Kier alpha value is -5.12. The van der Waals surface area contributed by atoms with Crippen LogP contribution in [0.3, 0.4) is 0 Å². The predicted octanol–water partition coefficient (Wildman–Crippen LogP) is 11.2. The van der Waals surface area contributed by atoms with Gasteiger partial charge in [0.25, 0.3) is 0 Å². The van der Waals surface area contributed by atoms with E-state index >= 15 is 0 Å². The number of ether oxygens (including phenoxy) is 1. The average Bonchev–Trinajstić information content (AvgIpc) is 3.78. The number of esters is 1. The second-order valence-electron chi connectivity index (χ2n) is 15.3. The minimum Gasteiger partial charge on any atom is -0.459 e. The van der Waals surface area contributed by atoms with Crippen molar-refractivity contribution in [1.82, 2.24) is 14.9 Å². The molecular formula is C46H53N5O2S2. The number of carbonyl (C=O) groups is 1. The molecular weight excluding hydrogens is 719 g/mol. The van der Waals surface area contributed by atoms with Crippen molar-refractivity contribution in [2.24, 2.45) is 4.99 Å². The van der Waals surface area contributed by atoms with Crippen molar-refractivity contribution in [3.8, 4) is 22.5 Å². The maximum absolute atomic E-state index is 12.0. The van der Waals surface area contributed by atoms with E-state index in [4.69, 9.17) is 20.4 Å². The van der Waals surface area contributed by atoms with Crippen molar-refractivity contribution in [2.75, 3.05) is 19.3 Å². The Morgan fingerprint density at radius 2 is 1.20 bits per heavy atom. The van der Waals surface area contributed by atoms with Gasteiger partial charge in [0.05, 0.1) is 33.4 Å². The number of carbonyl (C=O) groups excluding carboxylic acids is 1. The summed E-state index contributed by atoms with van der Waals surface area (Å²) in [4.78, 5) is 28.0. The maximum atomic E-state index is 12.0. The number of aryl methyl sites for hydroxylation is 6. The van der Waals surface area contributed by atoms with Gasteiger partial charge < -0.3 is 15.4 Å². The molecule has 4 aromatic carbocycles. The van der Waals surface area contributed by atoms with Gasteiger partial charge in [0.15, 0.2) is 0 Å². The first-order valence-electron chi connectivity index (χ1n) is 18.5. The van der Waals surface area contributed by atoms with Crippen LogP contribution in [0.25, 0.3) is 22.5 Å². The maximum Gasteiger partial charge on any atom is 0.326 e. The Labute approximate surface area is 335 Å². The Bertz CT molecular complexity index is 2260. The standard InChI is InChI=1S/C27H33N3O2S.C19H20N2S/c1-18-8-10-21(11-9-18)24-16-33-25(29-24)14-22-12-20(3)23(13-19(22)2)28-17-30(7)15-26(31)32-27(4,5)6;1-12-4-6-15(7-5-12)18-11-22-19(21-18)10-16-8-14(3)17(20)9-13(16)2/h8-13,16-17H,14-15H2,1-7H3;4-9,11H,10,20H2,1-3H3. The van der Waals surface area contributed by atoms with Gasteiger partial charge in [0, 0.05) is 47.5 Å². The molecule has 0 bridgehead atoms. The highest BCUT2D eigenvalue weighted by atomic mass is 32.1. The van der Waals surface area contributed by atoms with E-state index in [2.05, 4.69) is 130 Å². The molecule has 0 amide bonds. The monoisotopic (exact) mass is 771 g/mol. The third-order valence-electron chi connectivity index (χ3n) is 9.05. The zero-order valence-electron chi connectivity index (χ0n) is 33.8. The molecule has 0 spiro atoms. The third kappa shape index (κ3) is 11.9. The topological polar surface area (TPSA) is 93.7 Å². The first-order chi connectivity index (χ1) is 26.0. The van der Waals surface area contributed by atoms with Crippen LogP contribution in [0, 0.1) is 41.5 Å². The summed E-state index contributed by atoms with van der Waals surface area (Å²) in [6, 6.07) is 25.5. The molecule has 286 valence electrons. The van der Waals surface area contributed by atoms with Gasteiger partial charge in [-0.1, -0.05) is 71.8 Å². The number of nitrogens with two attached hydrogens (primary N) is 1. The summed E-state index contributed by atoms with van der Waals surface area (Å²) < 4.78 is 5.36. The van der Waals surface area contributed by atoms with Gasteiger partial charge in [-0.15, -0.1) is 22.7 Å². The Balaban J connectivity index is 0.000000228. The lowest BCUT2D eigenvalue weighted by atomic mass is 10.0. The summed E-state index contributed by atoms with van der Waals surface area (Å²) in [5.41, 5.74) is 21.3. The lowest BCUT2D eigenvalue weighted by Crippen LogP contribution is -2.32. The van der Waals surface area contributed by atoms with Crippen molar-refractivity contribution in [3.63, 3.8) is 0 Å². The van der Waals surface area contributed by atoms with E-state index in [9.17, 15) is 4.79 Å². The van der Waals surface area contributed by atoms with Crippen molar-refractivity contribution in [2.45, 2.75) is 80.8 Å². The number of hydrogen-bond acceptors (Lipinski definition) is 8. The molecule has 7 nitrogen and oxygen atoms in total. The van der Waals surface area contributed by atoms with Gasteiger partial charge in [-0.05, 0) is 108 Å². The number of likely N-dealkylation sites (N-methyl/N-ethyl adjacent to an activating group) is 1. The zero-order valence-corrected chi connectivity index (χ0v) is 35.4. The Morgan fingerprint density at radius 1 is 0.727 bits per heavy atom. The van der Waals surface area contributed by atoms with Crippen LogP contribution in [0.1, 0.15) is 75.3 Å². The molecule has 2 heterocycles. The Kier molecular flexibility index (Phi) is 13.4. The van der Waals surface area contributed by atoms with Crippen molar-refractivity contribution in [3.05, 3.63) is 138 Å². The van der Waals surface area contributed by atoms with Gasteiger partial charge in [-0.3, -0.25) is 4.79 Å². The normalized spacial score (nSPS) is 11.4. The smallest absolute Gasteiger partial charge is 0.326 e. The first kappa shape index (κ1) is 41.1. The summed E-state index contributed by atoms with van der Waals surface area (Å²) in [7, 11) is 1.82. The van der Waals surface area contributed by atoms with Crippen molar-refractivity contribution < 1.29 is 9.53 Å². The molecule has 55 heavy (non-hydrogen) atoms. The Morgan fingerprint density at radius 3 is 1.69 bits per heavy atom. The predicted molar refractivity (Wildman–Crippen MR) is 233 cm³/mol. The highest BCUT2D eigenvalue weighted by molar-refractivity contribution is 7.10. The fourth-order valence-electron chi connectivity index (χ4n) is 5.88. The summed E-state index contributed by atoms with van der Waals surface area (Å²) in [5.74, 6) is -0.270. The first-order valence-corrected chi connectivity index (χ1v) is 20.2. The van der Waals surface area contributed by atoms with Gasteiger partial charge >= 0.3 is 5.97 Å². The van der Waals surface area contributed by atoms with E-state index in [1.54, 1.807) is 33.9 Å². The molecule has 0 atom stereocenters. The molecule has 2 N–H and O–H groups in total. The lowest BCUT2D eigenvalue weighted by Gasteiger charge is -2.21. The number of nitrogens with zero attached hydrogens (tertiary/aromatic N) is 4. The molecule has 0 saturated carbocycles. The number of anilines is 1. The summed E-state index contributed by atoms with van der Waals surface area (Å²) in [5, 5.41) is 6.50. The highest BCUT2D eigenvalue weighted by Gasteiger charge is 2.17. The molecule has 0 aliphatic carbocycles. The van der Waals surface area contributed by atoms with Gasteiger partial charge in [0.2, 0.25) is 0 Å². The summed E-state index contributed by atoms with van der Waals surface area (Å²) in [6.45, 7) is 18.3. The number of hydrogen-bond donors (Lipinski definition) is 1. The minimum atomic E-state index is -0.489. The highest BCUT2D eigenvalue weighted by Crippen LogP contribution is 2.29. The molecule has 6 aromatic rings. The van der Waals surface area contributed by atoms with Crippen molar-refractivity contribution in [1.29, 1.82) is 0 Å². The van der Waals surface area contributed by atoms with Crippen LogP contribution in [0.5, 0.6) is 0 Å². The van der Waals surface area contributed by atoms with Gasteiger partial charge in [-0.25, -0.2) is 15.0 Å². The lowest BCUT2D eigenvalue weighted by molar-refractivity contribution is -0.154. The van der Waals surface area contributed by atoms with Crippen LogP contribution >= 0.6 is 22.7 Å². The van der Waals surface area contributed by atoms with E-state index in [0.717, 1.165) is 62.3 Å². The number of aliphatic imine (C=N–C) groups is 1. The van der Waals surface area contributed by atoms with Crippen LogP contribution in [0.4, 0.5) is 11.4 Å². The second kappa shape index (κ2) is 18.0. The molecule has 0 aliphatic rings. The molecule has 0 unspecified atom stereocenters. The molecule has 0 saturated heterocycles. The summed E-state index contributed by atoms with van der Waals surface area (Å²) >= 11 is 3.41. The van der Waals surface area contributed by atoms with Crippen LogP contribution in [-0.2, 0) is 22.4 Å². The van der Waals surface area contributed by atoms with Crippen LogP contribution in [0.15, 0.2) is 88.5 Å². The third-order valence-corrected chi connectivity index (χ3v) is 10.8. The average molecular weight is 772 g/mol. The van der Waals surface area contributed by atoms with Crippen molar-refractivity contribution >= 4 is 46.4 Å². The number of benzene rings is 4. The minimum absolute atomic E-state index is 0.157. The van der Waals surface area contributed by atoms with Gasteiger partial charge in [-0.2, -0.15) is 0 Å². The van der Waals surface area contributed by atoms with Crippen LogP contribution < -0.4 is 5.73 Å². The van der Waals surface area contributed by atoms with Crippen LogP contribution in [0.2, 0.25) is 0 Å². The van der Waals surface area contributed by atoms with E-state index < -0.39 is 5.60 Å². The molecule has 0 aliphatic heterocycles. The number of rotatable bonds is 10. The van der Waals surface area contributed by atoms with E-state index in [-0.39, 0.29) is 12.5 Å². The number of thiazole rings is 2. The molecule has 6 rings (SSSR count). The van der Waals surface area contributed by atoms with E-state index in [1.807, 2.05) is 27.8 Å². The fraction of sp³-hybridized carbons (Fsp3) is 0.304. The molecule has 2 aromatic heterocycles. The summed E-state index contributed by atoms with van der Waals surface area (Å²) in [6.07, 6.45) is 3.34. The molecule has 0 radical (unpaired) electrons. The zero-order chi connectivity index (χ0) is 39.9. The molecule has 9 heteroatoms. The quantitative estimate of drug-likeness (QED) is 0.0645. The van der Waals surface area contributed by atoms with Gasteiger partial charge in [0.1, 0.15) is 12.1 Å². The number of nitrogen functional groups attached to an aromatic ring is 1. The van der Waals surface area contributed by atoms with E-state index in [1.165, 1.54) is 38.9 Å². The number of aromatic nitrogens is 2. The van der Waals surface area contributed by atoms with Crippen LogP contribution in [-0.4, -0.2) is 46.4 Å². The second-order valence-corrected chi connectivity index (χ2v) is 17.2. The SMILES string of the molecule is Cc1ccc(-c2csc(Cc3cc(C)c(N)cc3C)n2)cc1.Cc1ccc(-c2csc(Cc3cc(C)c(N=CN(C)CC(=O)OC(C)(C)C)cc3C)n2)cc1. The van der Waals surface area contributed by atoms with E-state index in [0.29, 0.717) is 0 Å². The largest absolute Gasteiger partial charge is 0.459 e. The fourth-order valence-corrected chi connectivity index (χ4v) is 7.53.